The van der Waals surface area contributed by atoms with Gasteiger partial charge in [-0.15, -0.1) is 11.6 Å². The van der Waals surface area contributed by atoms with Gasteiger partial charge in [-0.25, -0.2) is 4.39 Å². The van der Waals surface area contributed by atoms with Crippen molar-refractivity contribution in [2.75, 3.05) is 0 Å². The van der Waals surface area contributed by atoms with Crippen LogP contribution in [-0.4, -0.2) is 5.38 Å². The topological polar surface area (TPSA) is 0 Å². The first-order chi connectivity index (χ1) is 8.28. The molecular formula is C16H20ClF. The first-order valence-corrected chi connectivity index (χ1v) is 6.84. The van der Waals surface area contributed by atoms with Gasteiger partial charge in [0.05, 0.1) is 5.38 Å². The fourth-order valence-corrected chi connectivity index (χ4v) is 3.52. The van der Waals surface area contributed by atoms with Crippen molar-refractivity contribution in [1.29, 1.82) is 0 Å². The second-order valence-corrected chi connectivity index (χ2v) is 6.75. The largest absolute Gasteiger partial charge is 0.206 e. The predicted molar refractivity (Wildman–Crippen MR) is 76.5 cm³/mol. The molecule has 0 spiro atoms. The molecule has 2 heteroatoms. The van der Waals surface area contributed by atoms with Crippen molar-refractivity contribution >= 4 is 17.2 Å². The van der Waals surface area contributed by atoms with E-state index in [0.29, 0.717) is 0 Å². The molecule has 0 radical (unpaired) electrons. The molecule has 1 aliphatic carbocycles. The maximum absolute atomic E-state index is 14.2. The molecule has 0 saturated heterocycles. The Morgan fingerprint density at radius 3 is 2.50 bits per heavy atom. The van der Waals surface area contributed by atoms with E-state index in [-0.39, 0.29) is 16.6 Å². The molecule has 0 amide bonds. The number of allylic oxidation sites excluding steroid dienone is 2. The molecular weight excluding hydrogens is 247 g/mol. The second kappa shape index (κ2) is 4.70. The summed E-state index contributed by atoms with van der Waals surface area (Å²) >= 11 is 6.28. The Labute approximate surface area is 114 Å². The molecule has 0 fully saturated rings. The van der Waals surface area contributed by atoms with E-state index >= 15 is 0 Å². The highest BCUT2D eigenvalue weighted by Crippen LogP contribution is 2.42. The van der Waals surface area contributed by atoms with Crippen molar-refractivity contribution in [3.05, 3.63) is 40.7 Å². The number of rotatable bonds is 1. The monoisotopic (exact) mass is 266 g/mol. The summed E-state index contributed by atoms with van der Waals surface area (Å²) in [6, 6.07) is 3.64. The van der Waals surface area contributed by atoms with Gasteiger partial charge < -0.3 is 0 Å². The van der Waals surface area contributed by atoms with Crippen LogP contribution in [0.3, 0.4) is 0 Å². The summed E-state index contributed by atoms with van der Waals surface area (Å²) in [5.41, 5.74) is 3.91. The molecule has 2 rings (SSSR count). The van der Waals surface area contributed by atoms with Gasteiger partial charge >= 0.3 is 0 Å². The smallest absolute Gasteiger partial charge is 0.131 e. The van der Waals surface area contributed by atoms with Gasteiger partial charge in [-0.2, -0.15) is 0 Å². The van der Waals surface area contributed by atoms with Gasteiger partial charge in [0.25, 0.3) is 0 Å². The van der Waals surface area contributed by atoms with Gasteiger partial charge in [-0.05, 0) is 54.9 Å². The minimum atomic E-state index is -0.125. The van der Waals surface area contributed by atoms with Gasteiger partial charge in [-0.1, -0.05) is 26.0 Å². The van der Waals surface area contributed by atoms with Gasteiger partial charge in [0.15, 0.2) is 0 Å². The molecule has 0 heterocycles. The fraction of sp³-hybridized carbons (Fsp3) is 0.500. The van der Waals surface area contributed by atoms with E-state index in [1.165, 1.54) is 0 Å². The molecule has 1 aromatic carbocycles. The zero-order chi connectivity index (χ0) is 13.5. The third kappa shape index (κ3) is 2.77. The van der Waals surface area contributed by atoms with Crippen LogP contribution in [0, 0.1) is 25.1 Å². The predicted octanol–water partition coefficient (Wildman–Crippen LogP) is 5.25. The lowest BCUT2D eigenvalue weighted by molar-refractivity contribution is 0.340. The van der Waals surface area contributed by atoms with E-state index in [1.54, 1.807) is 6.07 Å². The highest BCUT2D eigenvalue weighted by Gasteiger charge is 2.29. The summed E-state index contributed by atoms with van der Waals surface area (Å²) in [5.74, 6) is -0.125. The van der Waals surface area contributed by atoms with E-state index < -0.39 is 0 Å². The Hall–Kier alpha value is -0.820. The Morgan fingerprint density at radius 1 is 1.28 bits per heavy atom. The summed E-state index contributed by atoms with van der Waals surface area (Å²) in [6.45, 7) is 8.27. The molecule has 1 atom stereocenters. The average Bonchev–Trinajstić information content (AvgIpc) is 2.11. The van der Waals surface area contributed by atoms with Crippen molar-refractivity contribution in [2.45, 2.75) is 45.9 Å². The highest BCUT2D eigenvalue weighted by atomic mass is 35.5. The first kappa shape index (κ1) is 13.6. The normalized spacial score (nSPS) is 22.8. The molecule has 1 aliphatic rings. The lowest BCUT2D eigenvalue weighted by atomic mass is 9.74. The lowest BCUT2D eigenvalue weighted by Gasteiger charge is -2.33. The van der Waals surface area contributed by atoms with E-state index in [0.717, 1.165) is 35.1 Å². The Bertz CT molecular complexity index is 477. The quantitative estimate of drug-likeness (QED) is 0.609. The molecule has 0 nitrogen and oxygen atoms in total. The number of aryl methyl sites for hydroxylation is 2. The van der Waals surface area contributed by atoms with Gasteiger partial charge in [-0.3, -0.25) is 0 Å². The third-order valence-corrected chi connectivity index (χ3v) is 3.83. The van der Waals surface area contributed by atoms with Gasteiger partial charge in [0, 0.05) is 5.56 Å². The van der Waals surface area contributed by atoms with Crippen LogP contribution in [0.4, 0.5) is 4.39 Å². The number of hydrogen-bond acceptors (Lipinski definition) is 0. The van der Waals surface area contributed by atoms with Crippen LogP contribution in [0.5, 0.6) is 0 Å². The Morgan fingerprint density at radius 2 is 1.94 bits per heavy atom. The van der Waals surface area contributed by atoms with Crippen molar-refractivity contribution in [2.24, 2.45) is 5.41 Å². The first-order valence-electron chi connectivity index (χ1n) is 6.40. The summed E-state index contributed by atoms with van der Waals surface area (Å²) in [7, 11) is 0. The van der Waals surface area contributed by atoms with Crippen LogP contribution >= 0.6 is 11.6 Å². The number of alkyl halides is 1. The average molecular weight is 267 g/mol. The molecule has 18 heavy (non-hydrogen) atoms. The molecule has 0 aromatic heterocycles. The van der Waals surface area contributed by atoms with Crippen LogP contribution in [0.1, 0.15) is 43.4 Å². The third-order valence-electron chi connectivity index (χ3n) is 3.55. The summed E-state index contributed by atoms with van der Waals surface area (Å²) in [4.78, 5) is 0. The van der Waals surface area contributed by atoms with Crippen LogP contribution in [0.15, 0.2) is 18.2 Å². The summed E-state index contributed by atoms with van der Waals surface area (Å²) < 4.78 is 14.2. The zero-order valence-corrected chi connectivity index (χ0v) is 12.2. The number of halogens is 2. The van der Waals surface area contributed by atoms with Crippen LogP contribution < -0.4 is 0 Å². The highest BCUT2D eigenvalue weighted by molar-refractivity contribution is 6.22. The fourth-order valence-electron chi connectivity index (χ4n) is 2.95. The molecule has 1 aromatic rings. The molecule has 0 N–H and O–H groups in total. The Kier molecular flexibility index (Phi) is 3.55. The minimum absolute atomic E-state index is 0.00357. The standard InChI is InChI=1S/C16H20ClF/c1-10-5-11(2)15(14(18)6-10)12-7-13(17)9-16(3,4)8-12/h5-7,13H,8-9H2,1-4H3. The second-order valence-electron chi connectivity index (χ2n) is 6.19. The maximum Gasteiger partial charge on any atom is 0.131 e. The van der Waals surface area contributed by atoms with Crippen molar-refractivity contribution in [3.8, 4) is 0 Å². The van der Waals surface area contributed by atoms with Crippen molar-refractivity contribution < 1.29 is 4.39 Å². The van der Waals surface area contributed by atoms with Crippen molar-refractivity contribution in [1.82, 2.24) is 0 Å². The van der Waals surface area contributed by atoms with Gasteiger partial charge in [0.2, 0.25) is 0 Å². The molecule has 0 bridgehead atoms. The van der Waals surface area contributed by atoms with Crippen LogP contribution in [0.25, 0.3) is 5.57 Å². The Balaban J connectivity index is 2.49. The molecule has 0 aliphatic heterocycles. The van der Waals surface area contributed by atoms with Crippen molar-refractivity contribution in [3.63, 3.8) is 0 Å². The zero-order valence-electron chi connectivity index (χ0n) is 11.5. The molecule has 0 saturated carbocycles. The van der Waals surface area contributed by atoms with E-state index in [2.05, 4.69) is 13.8 Å². The molecule has 98 valence electrons. The van der Waals surface area contributed by atoms with E-state index in [4.69, 9.17) is 11.6 Å². The van der Waals surface area contributed by atoms with E-state index in [1.807, 2.05) is 26.0 Å². The van der Waals surface area contributed by atoms with E-state index in [9.17, 15) is 4.39 Å². The summed E-state index contributed by atoms with van der Waals surface area (Å²) in [6.07, 6.45) is 3.86. The SMILES string of the molecule is Cc1cc(C)c(C2=CC(Cl)CC(C)(C)C2)c(F)c1. The molecule has 1 unspecified atom stereocenters. The van der Waals surface area contributed by atoms with Crippen LogP contribution in [-0.2, 0) is 0 Å². The minimum Gasteiger partial charge on any atom is -0.206 e. The lowest BCUT2D eigenvalue weighted by Crippen LogP contribution is -2.22. The van der Waals surface area contributed by atoms with Gasteiger partial charge in [0.1, 0.15) is 5.82 Å². The summed E-state index contributed by atoms with van der Waals surface area (Å²) in [5, 5.41) is 0.00357. The van der Waals surface area contributed by atoms with Crippen LogP contribution in [0.2, 0.25) is 0 Å². The maximum atomic E-state index is 14.2. The number of benzene rings is 1. The number of hydrogen-bond donors (Lipinski definition) is 0.